The zero-order chi connectivity index (χ0) is 26.6. The number of nitrogens with zero attached hydrogens (tertiary/aromatic N) is 1. The van der Waals surface area contributed by atoms with Gasteiger partial charge in [-0.2, -0.15) is 17.4 Å². The number of amides is 1. The lowest BCUT2D eigenvalue weighted by atomic mass is 10.1. The van der Waals surface area contributed by atoms with Gasteiger partial charge in [0.1, 0.15) is 29.8 Å². The van der Waals surface area contributed by atoms with Crippen LogP contribution in [0.4, 0.5) is 13.2 Å². The summed E-state index contributed by atoms with van der Waals surface area (Å²) in [6.45, 7) is 0.498. The number of carbonyl (C=O) groups is 1. The molecule has 1 fully saturated rings. The molecule has 0 unspecified atom stereocenters. The van der Waals surface area contributed by atoms with Gasteiger partial charge in [0, 0.05) is 26.5 Å². The van der Waals surface area contributed by atoms with E-state index in [-0.39, 0.29) is 54.4 Å². The van der Waals surface area contributed by atoms with Crippen molar-refractivity contribution >= 4 is 15.4 Å². The van der Waals surface area contributed by atoms with Crippen molar-refractivity contribution in [3.63, 3.8) is 0 Å². The number of methoxy groups -OCH3 is 1. The van der Waals surface area contributed by atoms with E-state index in [4.69, 9.17) is 14.2 Å². The molecule has 1 amide bonds. The summed E-state index contributed by atoms with van der Waals surface area (Å²) in [5.74, 6) is -0.734. The summed E-state index contributed by atoms with van der Waals surface area (Å²) in [5.41, 5.74) is 0.441. The Labute approximate surface area is 206 Å². The van der Waals surface area contributed by atoms with Crippen molar-refractivity contribution in [3.05, 3.63) is 53.6 Å². The lowest BCUT2D eigenvalue weighted by molar-refractivity contribution is -0.137. The van der Waals surface area contributed by atoms with Crippen LogP contribution in [0.5, 0.6) is 11.5 Å². The molecule has 0 aliphatic carbocycles. The number of nitrogens with one attached hydrogen (secondary N) is 1. The summed E-state index contributed by atoms with van der Waals surface area (Å²) in [6.07, 6.45) is -3.08. The van der Waals surface area contributed by atoms with Crippen LogP contribution in [0.25, 0.3) is 0 Å². The first-order chi connectivity index (χ1) is 16.9. The SMILES string of the molecule is COCCOc1cccc(S(C)(=O)(O)N2CCC(Oc3ccc(C(F)(F)F)cc3)CC2)c1C(=O)NO. The first kappa shape index (κ1) is 27.9. The van der Waals surface area contributed by atoms with Gasteiger partial charge < -0.3 is 14.2 Å². The van der Waals surface area contributed by atoms with E-state index < -0.39 is 27.2 Å². The Balaban J connectivity index is 1.78. The van der Waals surface area contributed by atoms with Gasteiger partial charge in [0.15, 0.2) is 0 Å². The molecule has 2 aromatic carbocycles. The number of ether oxygens (including phenoxy) is 3. The number of halogens is 3. The number of hydrogen-bond donors (Lipinski definition) is 3. The third-order valence-electron chi connectivity index (χ3n) is 5.86. The minimum absolute atomic E-state index is 0.00590. The normalized spacial score (nSPS) is 16.7. The molecule has 0 atom stereocenters. The Morgan fingerprint density at radius 3 is 2.33 bits per heavy atom. The Kier molecular flexibility index (Phi) is 8.30. The molecule has 1 saturated heterocycles. The van der Waals surface area contributed by atoms with Gasteiger partial charge in [0.05, 0.1) is 17.1 Å². The van der Waals surface area contributed by atoms with Gasteiger partial charge in [-0.25, -0.2) is 9.79 Å². The second kappa shape index (κ2) is 10.7. The minimum atomic E-state index is -4.80. The van der Waals surface area contributed by atoms with Crippen molar-refractivity contribution in [1.82, 2.24) is 9.79 Å². The molecular weight excluding hydrogens is 505 g/mol. The van der Waals surface area contributed by atoms with Crippen LogP contribution in [0.2, 0.25) is 0 Å². The van der Waals surface area contributed by atoms with Gasteiger partial charge in [-0.3, -0.25) is 14.6 Å². The highest BCUT2D eigenvalue weighted by Crippen LogP contribution is 2.41. The van der Waals surface area contributed by atoms with Gasteiger partial charge >= 0.3 is 6.18 Å². The van der Waals surface area contributed by atoms with E-state index in [2.05, 4.69) is 0 Å². The predicted octanol–water partition coefficient (Wildman–Crippen LogP) is 3.59. The second-order valence-electron chi connectivity index (χ2n) is 8.41. The van der Waals surface area contributed by atoms with E-state index in [1.165, 1.54) is 47.2 Å². The molecule has 1 heterocycles. The average molecular weight is 535 g/mol. The summed E-state index contributed by atoms with van der Waals surface area (Å²) in [7, 11) is -3.34. The summed E-state index contributed by atoms with van der Waals surface area (Å²) < 4.78 is 81.4. The first-order valence-corrected chi connectivity index (χ1v) is 13.3. The summed E-state index contributed by atoms with van der Waals surface area (Å²) >= 11 is 0. The largest absolute Gasteiger partial charge is 0.490 e. The number of hydrogen-bond acceptors (Lipinski definition) is 6. The molecule has 1 aliphatic rings. The molecule has 13 heteroatoms. The molecule has 3 N–H and O–H groups in total. The predicted molar refractivity (Wildman–Crippen MR) is 125 cm³/mol. The Bertz CT molecular complexity index is 1130. The van der Waals surface area contributed by atoms with Gasteiger partial charge in [-0.15, -0.1) is 9.53 Å². The zero-order valence-corrected chi connectivity index (χ0v) is 20.6. The average Bonchev–Trinajstić information content (AvgIpc) is 2.83. The second-order valence-corrected chi connectivity index (χ2v) is 11.8. The fourth-order valence-corrected chi connectivity index (χ4v) is 6.38. The topological polar surface area (TPSA) is 118 Å². The monoisotopic (exact) mass is 534 g/mol. The highest BCUT2D eigenvalue weighted by molar-refractivity contribution is 8.12. The summed E-state index contributed by atoms with van der Waals surface area (Å²) in [4.78, 5) is 12.3. The van der Waals surface area contributed by atoms with Crippen LogP contribution in [-0.2, 0) is 20.4 Å². The Hall–Kier alpha value is -2.71. The molecule has 9 nitrogen and oxygen atoms in total. The molecule has 200 valence electrons. The van der Waals surface area contributed by atoms with Crippen LogP contribution >= 0.6 is 0 Å². The van der Waals surface area contributed by atoms with Crippen LogP contribution in [0.1, 0.15) is 28.8 Å². The molecule has 1 aliphatic heterocycles. The molecule has 0 radical (unpaired) electrons. The zero-order valence-electron chi connectivity index (χ0n) is 19.8. The maximum absolute atomic E-state index is 14.1. The molecule has 0 aromatic heterocycles. The van der Waals surface area contributed by atoms with E-state index in [1.807, 2.05) is 0 Å². The van der Waals surface area contributed by atoms with E-state index in [9.17, 15) is 31.9 Å². The van der Waals surface area contributed by atoms with Gasteiger partial charge in [-0.1, -0.05) is 6.07 Å². The minimum Gasteiger partial charge on any atom is -0.490 e. The van der Waals surface area contributed by atoms with Crippen molar-refractivity contribution < 1.29 is 46.1 Å². The highest BCUT2D eigenvalue weighted by atomic mass is 32.3. The number of rotatable bonds is 9. The first-order valence-electron chi connectivity index (χ1n) is 11.0. The van der Waals surface area contributed by atoms with E-state index >= 15 is 0 Å². The fourth-order valence-electron chi connectivity index (χ4n) is 3.97. The van der Waals surface area contributed by atoms with E-state index in [1.54, 1.807) is 0 Å². The molecule has 0 spiro atoms. The molecule has 36 heavy (non-hydrogen) atoms. The van der Waals surface area contributed by atoms with Crippen molar-refractivity contribution in [2.75, 3.05) is 39.7 Å². The van der Waals surface area contributed by atoms with Crippen LogP contribution in [-0.4, -0.2) is 70.0 Å². The number of alkyl halides is 3. The third kappa shape index (κ3) is 6.16. The van der Waals surface area contributed by atoms with Crippen molar-refractivity contribution in [2.45, 2.75) is 30.0 Å². The number of piperidine rings is 1. The fraction of sp³-hybridized carbons (Fsp3) is 0.435. The van der Waals surface area contributed by atoms with Crippen molar-refractivity contribution in [1.29, 1.82) is 0 Å². The maximum Gasteiger partial charge on any atom is 0.416 e. The van der Waals surface area contributed by atoms with E-state index in [0.29, 0.717) is 12.8 Å². The lowest BCUT2D eigenvalue weighted by Gasteiger charge is -2.51. The van der Waals surface area contributed by atoms with Crippen LogP contribution < -0.4 is 15.0 Å². The molecule has 2 aromatic rings. The Morgan fingerprint density at radius 1 is 1.14 bits per heavy atom. The third-order valence-corrected chi connectivity index (χ3v) is 8.80. The Morgan fingerprint density at radius 2 is 1.78 bits per heavy atom. The lowest BCUT2D eigenvalue weighted by Crippen LogP contribution is -2.54. The highest BCUT2D eigenvalue weighted by Gasteiger charge is 2.39. The number of hydroxylamine groups is 1. The molecule has 3 rings (SSSR count). The molecule has 0 saturated carbocycles. The smallest absolute Gasteiger partial charge is 0.416 e. The van der Waals surface area contributed by atoms with Gasteiger partial charge in [0.2, 0.25) is 0 Å². The van der Waals surface area contributed by atoms with Crippen molar-refractivity contribution in [3.8, 4) is 11.5 Å². The quantitative estimate of drug-likeness (QED) is 0.256. The number of benzene rings is 2. The van der Waals surface area contributed by atoms with E-state index in [0.717, 1.165) is 18.4 Å². The van der Waals surface area contributed by atoms with Gasteiger partial charge in [0.25, 0.3) is 5.91 Å². The maximum atomic E-state index is 14.1. The standard InChI is InChI=1S/C23H29F3N2O7S/c1-33-14-15-34-19-4-3-5-20(21(19)22(29)27-30)36(2,31,32)28-12-10-18(11-13-28)35-17-8-6-16(7-9-17)23(24,25)26/h3-9,18,30H,10-15H2,1-2H3,(H,27,29)(H,31,32). The van der Waals surface area contributed by atoms with Crippen LogP contribution in [0.3, 0.4) is 0 Å². The van der Waals surface area contributed by atoms with Crippen LogP contribution in [0.15, 0.2) is 47.4 Å². The van der Waals surface area contributed by atoms with Crippen LogP contribution in [0, 0.1) is 0 Å². The summed E-state index contributed by atoms with van der Waals surface area (Å²) in [5, 5.41) is 9.26. The molecule has 0 bridgehead atoms. The number of carbonyl (C=O) groups excluding carboxylic acids is 1. The van der Waals surface area contributed by atoms with Crippen molar-refractivity contribution in [2.24, 2.45) is 0 Å². The summed E-state index contributed by atoms with van der Waals surface area (Å²) in [6, 6.07) is 8.58. The van der Waals surface area contributed by atoms with Gasteiger partial charge in [-0.05, 0) is 49.2 Å². The molecular formula is C23H29F3N2O7S.